The van der Waals surface area contributed by atoms with Crippen LogP contribution in [0, 0.1) is 5.92 Å². The highest BCUT2D eigenvalue weighted by Gasteiger charge is 2.30. The van der Waals surface area contributed by atoms with Crippen molar-refractivity contribution in [3.63, 3.8) is 0 Å². The SMILES string of the molecule is Cn1nc(-c2ccc(OCc3ccccc3)nc2OCc2ccccc2)c2cccc(NC[C@H]3CCN(C(=O)OC(C)(C)C)C3)c21. The van der Waals surface area contributed by atoms with E-state index in [1.807, 2.05) is 111 Å². The number of ether oxygens (including phenoxy) is 3. The maximum atomic E-state index is 12.6. The lowest BCUT2D eigenvalue weighted by molar-refractivity contribution is 0.0289. The number of hydrogen-bond donors (Lipinski definition) is 1. The zero-order chi connectivity index (χ0) is 32.1. The van der Waals surface area contributed by atoms with Crippen LogP contribution in [0.25, 0.3) is 22.2 Å². The number of benzene rings is 3. The van der Waals surface area contributed by atoms with Crippen molar-refractivity contribution >= 4 is 22.7 Å². The standard InChI is InChI=1S/C37H41N5O4/c1-37(2,3)46-36(43)42-21-20-28(23-42)22-38-31-17-11-16-29-33(40-41(4)34(29)31)30-18-19-32(44-24-26-12-7-5-8-13-26)39-35(30)45-25-27-14-9-6-10-15-27/h5-19,28,38H,20-25H2,1-4H3/t28-/m1/s1. The number of likely N-dealkylation sites (tertiary alicyclic amines) is 1. The first-order valence-corrected chi connectivity index (χ1v) is 15.8. The van der Waals surface area contributed by atoms with Crippen molar-refractivity contribution < 1.29 is 19.0 Å². The van der Waals surface area contributed by atoms with Gasteiger partial charge >= 0.3 is 6.09 Å². The van der Waals surface area contributed by atoms with Gasteiger partial charge in [0.2, 0.25) is 11.8 Å². The van der Waals surface area contributed by atoms with Gasteiger partial charge in [-0.25, -0.2) is 4.79 Å². The molecule has 9 nitrogen and oxygen atoms in total. The number of hydrogen-bond acceptors (Lipinski definition) is 7. The monoisotopic (exact) mass is 619 g/mol. The number of fused-ring (bicyclic) bond motifs is 1. The van der Waals surface area contributed by atoms with Crippen LogP contribution in [0.4, 0.5) is 10.5 Å². The van der Waals surface area contributed by atoms with Crippen LogP contribution in [0.1, 0.15) is 38.3 Å². The maximum absolute atomic E-state index is 12.6. The van der Waals surface area contributed by atoms with Crippen molar-refractivity contribution in [3.8, 4) is 23.0 Å². The van der Waals surface area contributed by atoms with E-state index in [9.17, 15) is 4.79 Å². The molecule has 1 aliphatic rings. The first kappa shape index (κ1) is 31.0. The minimum Gasteiger partial charge on any atom is -0.473 e. The number of nitrogens with zero attached hydrogens (tertiary/aromatic N) is 4. The Bertz CT molecular complexity index is 1780. The van der Waals surface area contributed by atoms with E-state index in [4.69, 9.17) is 24.3 Å². The fourth-order valence-corrected chi connectivity index (χ4v) is 5.68. The van der Waals surface area contributed by atoms with Crippen LogP contribution < -0.4 is 14.8 Å². The molecule has 1 saturated heterocycles. The molecule has 3 aromatic carbocycles. The molecule has 1 aliphatic heterocycles. The lowest BCUT2D eigenvalue weighted by atomic mass is 10.1. The van der Waals surface area contributed by atoms with Crippen molar-refractivity contribution in [1.29, 1.82) is 0 Å². The molecule has 1 amide bonds. The van der Waals surface area contributed by atoms with Crippen molar-refractivity contribution in [2.45, 2.75) is 46.0 Å². The van der Waals surface area contributed by atoms with Gasteiger partial charge in [-0.15, -0.1) is 0 Å². The number of anilines is 1. The van der Waals surface area contributed by atoms with Crippen LogP contribution in [0.5, 0.6) is 11.8 Å². The molecular formula is C37H41N5O4. The second-order valence-corrected chi connectivity index (χ2v) is 12.7. The van der Waals surface area contributed by atoms with Gasteiger partial charge in [0.1, 0.15) is 24.5 Å². The smallest absolute Gasteiger partial charge is 0.410 e. The Labute approximate surface area is 270 Å². The molecule has 3 heterocycles. The average molecular weight is 620 g/mol. The molecule has 1 atom stereocenters. The van der Waals surface area contributed by atoms with Gasteiger partial charge in [-0.1, -0.05) is 72.8 Å². The minimum atomic E-state index is -0.502. The Hall–Kier alpha value is -5.05. The molecule has 2 aromatic heterocycles. The van der Waals surface area contributed by atoms with Crippen LogP contribution in [0.3, 0.4) is 0 Å². The van der Waals surface area contributed by atoms with E-state index < -0.39 is 5.60 Å². The molecule has 5 aromatic rings. The van der Waals surface area contributed by atoms with E-state index in [1.54, 1.807) is 4.90 Å². The van der Waals surface area contributed by atoms with Gasteiger partial charge in [0.15, 0.2) is 0 Å². The molecule has 0 unspecified atom stereocenters. The Morgan fingerprint density at radius 1 is 0.891 bits per heavy atom. The van der Waals surface area contributed by atoms with E-state index >= 15 is 0 Å². The lowest BCUT2D eigenvalue weighted by Crippen LogP contribution is -2.35. The van der Waals surface area contributed by atoms with Crippen LogP contribution >= 0.6 is 0 Å². The summed E-state index contributed by atoms with van der Waals surface area (Å²) < 4.78 is 19.9. The second-order valence-electron chi connectivity index (χ2n) is 12.7. The maximum Gasteiger partial charge on any atom is 0.410 e. The second kappa shape index (κ2) is 13.5. The van der Waals surface area contributed by atoms with Gasteiger partial charge in [-0.2, -0.15) is 10.1 Å². The molecule has 0 saturated carbocycles. The van der Waals surface area contributed by atoms with Crippen LogP contribution in [-0.4, -0.2) is 51.0 Å². The summed E-state index contributed by atoms with van der Waals surface area (Å²) in [6, 6.07) is 30.1. The third-order valence-electron chi connectivity index (χ3n) is 7.92. The van der Waals surface area contributed by atoms with E-state index in [2.05, 4.69) is 17.4 Å². The fraction of sp³-hybridized carbons (Fsp3) is 0.324. The lowest BCUT2D eigenvalue weighted by Gasteiger charge is -2.24. The van der Waals surface area contributed by atoms with E-state index in [-0.39, 0.29) is 6.09 Å². The number of aromatic nitrogens is 3. The number of para-hydroxylation sites is 1. The Kier molecular flexibility index (Phi) is 9.10. The van der Waals surface area contributed by atoms with Crippen molar-refractivity contribution in [2.75, 3.05) is 25.0 Å². The largest absolute Gasteiger partial charge is 0.473 e. The van der Waals surface area contributed by atoms with Crippen molar-refractivity contribution in [1.82, 2.24) is 19.7 Å². The topological polar surface area (TPSA) is 90.7 Å². The van der Waals surface area contributed by atoms with E-state index in [0.29, 0.717) is 44.0 Å². The van der Waals surface area contributed by atoms with Crippen LogP contribution in [0.2, 0.25) is 0 Å². The van der Waals surface area contributed by atoms with Gasteiger partial charge in [-0.3, -0.25) is 4.68 Å². The van der Waals surface area contributed by atoms with Gasteiger partial charge in [0.05, 0.1) is 16.8 Å². The quantitative estimate of drug-likeness (QED) is 0.174. The summed E-state index contributed by atoms with van der Waals surface area (Å²) in [7, 11) is 1.95. The van der Waals surface area contributed by atoms with Gasteiger partial charge in [0.25, 0.3) is 0 Å². The van der Waals surface area contributed by atoms with E-state index in [0.717, 1.165) is 51.9 Å². The molecule has 0 bridgehead atoms. The zero-order valence-corrected chi connectivity index (χ0v) is 26.9. The zero-order valence-electron chi connectivity index (χ0n) is 26.9. The highest BCUT2D eigenvalue weighted by atomic mass is 16.6. The number of carbonyl (C=O) groups excluding carboxylic acids is 1. The molecule has 0 radical (unpaired) electrons. The van der Waals surface area contributed by atoms with Crippen LogP contribution in [-0.2, 0) is 25.0 Å². The molecule has 46 heavy (non-hydrogen) atoms. The number of rotatable bonds is 10. The predicted molar refractivity (Wildman–Crippen MR) is 180 cm³/mol. The third-order valence-corrected chi connectivity index (χ3v) is 7.92. The van der Waals surface area contributed by atoms with E-state index in [1.165, 1.54) is 0 Å². The summed E-state index contributed by atoms with van der Waals surface area (Å²) in [6.07, 6.45) is 0.675. The van der Waals surface area contributed by atoms with Gasteiger partial charge in [-0.05, 0) is 56.4 Å². The number of pyridine rings is 1. The summed E-state index contributed by atoms with van der Waals surface area (Å²) in [5.41, 5.74) is 5.14. The Morgan fingerprint density at radius 3 is 2.28 bits per heavy atom. The number of aryl methyl sites for hydroxylation is 1. The summed E-state index contributed by atoms with van der Waals surface area (Å²) in [4.78, 5) is 19.2. The Morgan fingerprint density at radius 2 is 1.59 bits per heavy atom. The number of amides is 1. The first-order valence-electron chi connectivity index (χ1n) is 15.8. The minimum absolute atomic E-state index is 0.247. The summed E-state index contributed by atoms with van der Waals surface area (Å²) in [5.74, 6) is 1.26. The molecule has 0 aliphatic carbocycles. The highest BCUT2D eigenvalue weighted by Crippen LogP contribution is 2.37. The molecule has 6 rings (SSSR count). The molecule has 1 N–H and O–H groups in total. The van der Waals surface area contributed by atoms with Gasteiger partial charge in [0, 0.05) is 38.1 Å². The van der Waals surface area contributed by atoms with Crippen molar-refractivity contribution in [3.05, 3.63) is 102 Å². The number of carbonyl (C=O) groups is 1. The normalized spacial score (nSPS) is 14.8. The molecular weight excluding hydrogens is 578 g/mol. The molecule has 9 heteroatoms. The summed E-state index contributed by atoms with van der Waals surface area (Å²) >= 11 is 0. The third kappa shape index (κ3) is 7.42. The first-order chi connectivity index (χ1) is 22.2. The van der Waals surface area contributed by atoms with Gasteiger partial charge < -0.3 is 24.4 Å². The predicted octanol–water partition coefficient (Wildman–Crippen LogP) is 7.46. The molecule has 1 fully saturated rings. The fourth-order valence-electron chi connectivity index (χ4n) is 5.68. The van der Waals surface area contributed by atoms with Crippen LogP contribution in [0.15, 0.2) is 91.0 Å². The average Bonchev–Trinajstić information content (AvgIpc) is 3.67. The summed E-state index contributed by atoms with van der Waals surface area (Å²) in [6.45, 7) is 8.55. The Balaban J connectivity index is 1.23. The highest BCUT2D eigenvalue weighted by molar-refractivity contribution is 6.00. The molecule has 238 valence electrons. The summed E-state index contributed by atoms with van der Waals surface area (Å²) in [5, 5.41) is 9.58. The number of nitrogens with one attached hydrogen (secondary N) is 1. The molecule has 0 spiro atoms. The van der Waals surface area contributed by atoms with Crippen molar-refractivity contribution in [2.24, 2.45) is 13.0 Å².